The summed E-state index contributed by atoms with van der Waals surface area (Å²) in [6, 6.07) is 0. The summed E-state index contributed by atoms with van der Waals surface area (Å²) in [4.78, 5) is 22.4. The zero-order valence-corrected chi connectivity index (χ0v) is 8.79. The van der Waals surface area contributed by atoms with Gasteiger partial charge in [-0.2, -0.15) is 0 Å². The van der Waals surface area contributed by atoms with Crippen molar-refractivity contribution in [3.05, 3.63) is 25.3 Å². The minimum absolute atomic E-state index is 0.0962. The van der Waals surface area contributed by atoms with Crippen molar-refractivity contribution in [3.8, 4) is 0 Å². The number of rotatable bonds is 8. The van der Waals surface area contributed by atoms with Crippen LogP contribution in [0.1, 0.15) is 32.6 Å². The summed E-state index contributed by atoms with van der Waals surface area (Å²) in [7, 11) is 0. The van der Waals surface area contributed by atoms with Gasteiger partial charge in [-0.3, -0.25) is 9.59 Å². The molecule has 78 valence electrons. The molecule has 0 fully saturated rings. The van der Waals surface area contributed by atoms with Crippen LogP contribution in [-0.2, 0) is 9.59 Å². The number of ketones is 2. The molecule has 0 saturated heterocycles. The van der Waals surface area contributed by atoms with Crippen LogP contribution in [-0.4, -0.2) is 11.6 Å². The van der Waals surface area contributed by atoms with E-state index in [-0.39, 0.29) is 17.5 Å². The summed E-state index contributed by atoms with van der Waals surface area (Å²) in [5.41, 5.74) is 0. The van der Waals surface area contributed by atoms with Crippen LogP contribution >= 0.6 is 0 Å². The van der Waals surface area contributed by atoms with Gasteiger partial charge in [0.15, 0.2) is 0 Å². The summed E-state index contributed by atoms with van der Waals surface area (Å²) in [6.07, 6.45) is 5.30. The van der Waals surface area contributed by atoms with Crippen LogP contribution in [0.15, 0.2) is 25.3 Å². The molecule has 0 aliphatic carbocycles. The smallest absolute Gasteiger partial charge is 0.143 e. The minimum Gasteiger partial charge on any atom is -0.300 e. The van der Waals surface area contributed by atoms with Crippen LogP contribution in [0, 0.1) is 5.92 Å². The number of hydrogen-bond donors (Lipinski definition) is 0. The molecule has 0 rings (SSSR count). The van der Waals surface area contributed by atoms with Gasteiger partial charge in [0.2, 0.25) is 0 Å². The number of carbonyl (C=O) groups excluding carboxylic acids is 2. The summed E-state index contributed by atoms with van der Waals surface area (Å²) in [5, 5.41) is 0. The van der Waals surface area contributed by atoms with E-state index in [1.54, 1.807) is 12.2 Å². The second-order valence-corrected chi connectivity index (χ2v) is 3.21. The van der Waals surface area contributed by atoms with E-state index in [2.05, 4.69) is 13.2 Å². The van der Waals surface area contributed by atoms with Crippen LogP contribution in [0.3, 0.4) is 0 Å². The third-order valence-corrected chi connectivity index (χ3v) is 2.15. The summed E-state index contributed by atoms with van der Waals surface area (Å²) in [6.45, 7) is 8.94. The van der Waals surface area contributed by atoms with Crippen LogP contribution in [0.25, 0.3) is 0 Å². The normalized spacial score (nSPS) is 9.86. The maximum Gasteiger partial charge on any atom is 0.143 e. The zero-order valence-electron chi connectivity index (χ0n) is 8.79. The SMILES string of the molecule is C=CC(C=C)C(=O)CCCC(=O)CC. The van der Waals surface area contributed by atoms with Gasteiger partial charge in [0.25, 0.3) is 0 Å². The van der Waals surface area contributed by atoms with Crippen molar-refractivity contribution in [2.75, 3.05) is 0 Å². The standard InChI is InChI=1S/C12H18O2/c1-4-10(5-2)12(14)9-7-8-11(13)6-3/h4-5,10H,1-2,6-9H2,3H3. The first-order chi connectivity index (χ1) is 6.65. The third kappa shape index (κ3) is 4.75. The van der Waals surface area contributed by atoms with Gasteiger partial charge in [-0.1, -0.05) is 19.1 Å². The Morgan fingerprint density at radius 2 is 1.79 bits per heavy atom. The number of hydrogen-bond acceptors (Lipinski definition) is 2. The highest BCUT2D eigenvalue weighted by Crippen LogP contribution is 2.08. The monoisotopic (exact) mass is 194 g/mol. The van der Waals surface area contributed by atoms with Gasteiger partial charge in [-0.15, -0.1) is 13.2 Å². The quantitative estimate of drug-likeness (QED) is 0.557. The van der Waals surface area contributed by atoms with Gasteiger partial charge in [-0.25, -0.2) is 0 Å². The lowest BCUT2D eigenvalue weighted by molar-refractivity contribution is -0.121. The van der Waals surface area contributed by atoms with E-state index in [0.29, 0.717) is 25.7 Å². The highest BCUT2D eigenvalue weighted by molar-refractivity contribution is 5.85. The maximum atomic E-state index is 11.4. The van der Waals surface area contributed by atoms with Gasteiger partial charge in [0, 0.05) is 19.3 Å². The lowest BCUT2D eigenvalue weighted by atomic mass is 9.99. The largest absolute Gasteiger partial charge is 0.300 e. The highest BCUT2D eigenvalue weighted by Gasteiger charge is 2.10. The van der Waals surface area contributed by atoms with Crippen molar-refractivity contribution in [1.29, 1.82) is 0 Å². The molecule has 0 radical (unpaired) electrons. The van der Waals surface area contributed by atoms with Crippen molar-refractivity contribution in [3.63, 3.8) is 0 Å². The molecular formula is C12H18O2. The molecule has 2 nitrogen and oxygen atoms in total. The lowest BCUT2D eigenvalue weighted by Gasteiger charge is -2.04. The van der Waals surface area contributed by atoms with Gasteiger partial charge in [0.05, 0.1) is 5.92 Å². The van der Waals surface area contributed by atoms with E-state index < -0.39 is 0 Å². The second-order valence-electron chi connectivity index (χ2n) is 3.21. The van der Waals surface area contributed by atoms with Crippen molar-refractivity contribution in [2.24, 2.45) is 5.92 Å². The molecule has 14 heavy (non-hydrogen) atoms. The molecule has 0 aromatic rings. The van der Waals surface area contributed by atoms with Crippen molar-refractivity contribution >= 4 is 11.6 Å². The molecule has 0 aromatic carbocycles. The predicted molar refractivity (Wildman–Crippen MR) is 58.0 cm³/mol. The Balaban J connectivity index is 3.78. The van der Waals surface area contributed by atoms with Crippen molar-refractivity contribution in [2.45, 2.75) is 32.6 Å². The first kappa shape index (κ1) is 12.8. The Morgan fingerprint density at radius 1 is 1.21 bits per heavy atom. The molecule has 0 unspecified atom stereocenters. The van der Waals surface area contributed by atoms with Gasteiger partial charge in [-0.05, 0) is 6.42 Å². The molecule has 0 N–H and O–H groups in total. The average Bonchev–Trinajstić information content (AvgIpc) is 2.19. The molecule has 0 atom stereocenters. The Kier molecular flexibility index (Phi) is 6.63. The fourth-order valence-electron chi connectivity index (χ4n) is 1.16. The maximum absolute atomic E-state index is 11.4. The first-order valence-electron chi connectivity index (χ1n) is 4.95. The number of allylic oxidation sites excluding steroid dienone is 2. The summed E-state index contributed by atoms with van der Waals surface area (Å²) < 4.78 is 0. The molecule has 2 heteroatoms. The van der Waals surface area contributed by atoms with Gasteiger partial charge in [0.1, 0.15) is 11.6 Å². The van der Waals surface area contributed by atoms with E-state index in [4.69, 9.17) is 0 Å². The van der Waals surface area contributed by atoms with E-state index in [1.807, 2.05) is 6.92 Å². The topological polar surface area (TPSA) is 34.1 Å². The molecule has 0 saturated carbocycles. The minimum atomic E-state index is -0.258. The molecule has 0 aromatic heterocycles. The molecule has 0 aliphatic rings. The molecular weight excluding hydrogens is 176 g/mol. The van der Waals surface area contributed by atoms with E-state index >= 15 is 0 Å². The average molecular weight is 194 g/mol. The third-order valence-electron chi connectivity index (χ3n) is 2.15. The van der Waals surface area contributed by atoms with Crippen LogP contribution in [0.4, 0.5) is 0 Å². The van der Waals surface area contributed by atoms with Gasteiger partial charge < -0.3 is 0 Å². The molecule has 0 heterocycles. The number of carbonyl (C=O) groups is 2. The highest BCUT2D eigenvalue weighted by atomic mass is 16.1. The second kappa shape index (κ2) is 7.25. The Morgan fingerprint density at radius 3 is 2.21 bits per heavy atom. The van der Waals surface area contributed by atoms with E-state index in [1.165, 1.54) is 0 Å². The Labute approximate surface area is 85.7 Å². The van der Waals surface area contributed by atoms with Crippen LogP contribution in [0.2, 0.25) is 0 Å². The van der Waals surface area contributed by atoms with E-state index in [0.717, 1.165) is 0 Å². The number of Topliss-reactive ketones (excluding diaryl/α,β-unsaturated/α-hetero) is 2. The Hall–Kier alpha value is -1.18. The van der Waals surface area contributed by atoms with Crippen molar-refractivity contribution < 1.29 is 9.59 Å². The zero-order chi connectivity index (χ0) is 11.0. The molecule has 0 spiro atoms. The first-order valence-corrected chi connectivity index (χ1v) is 4.95. The fourth-order valence-corrected chi connectivity index (χ4v) is 1.16. The lowest BCUT2D eigenvalue weighted by Crippen LogP contribution is -2.09. The van der Waals surface area contributed by atoms with Crippen molar-refractivity contribution in [1.82, 2.24) is 0 Å². The van der Waals surface area contributed by atoms with E-state index in [9.17, 15) is 9.59 Å². The predicted octanol–water partition coefficient (Wildman–Crippen LogP) is 2.69. The molecule has 0 aliphatic heterocycles. The van der Waals surface area contributed by atoms with Crippen LogP contribution in [0.5, 0.6) is 0 Å². The van der Waals surface area contributed by atoms with Gasteiger partial charge >= 0.3 is 0 Å². The summed E-state index contributed by atoms with van der Waals surface area (Å²) >= 11 is 0. The molecule has 0 bridgehead atoms. The van der Waals surface area contributed by atoms with Crippen LogP contribution < -0.4 is 0 Å². The fraction of sp³-hybridized carbons (Fsp3) is 0.500. The molecule has 0 amide bonds. The summed E-state index contributed by atoms with van der Waals surface area (Å²) in [5.74, 6) is 0.0530. The Bertz CT molecular complexity index is 220.